The number of carbonyl (C=O) groups excluding carboxylic acids is 2. The van der Waals surface area contributed by atoms with E-state index in [2.05, 4.69) is 4.98 Å². The van der Waals surface area contributed by atoms with Gasteiger partial charge in [-0.25, -0.2) is 9.18 Å². The number of para-hydroxylation sites is 1. The lowest BCUT2D eigenvalue weighted by Gasteiger charge is -2.36. The number of amides is 1. The zero-order chi connectivity index (χ0) is 21.1. The van der Waals surface area contributed by atoms with Crippen molar-refractivity contribution < 1.29 is 18.7 Å². The van der Waals surface area contributed by atoms with E-state index >= 15 is 0 Å². The average Bonchev–Trinajstić information content (AvgIpc) is 2.77. The number of aromatic nitrogens is 1. The van der Waals surface area contributed by atoms with Gasteiger partial charge in [0.05, 0.1) is 5.69 Å². The summed E-state index contributed by atoms with van der Waals surface area (Å²) in [5.74, 6) is -1.40. The van der Waals surface area contributed by atoms with Gasteiger partial charge in [0.2, 0.25) is 0 Å². The van der Waals surface area contributed by atoms with E-state index in [1.54, 1.807) is 47.4 Å². The minimum atomic E-state index is -0.767. The number of nitrogens with zero attached hydrogens (tertiary/aromatic N) is 2. The number of esters is 1. The van der Waals surface area contributed by atoms with E-state index in [4.69, 9.17) is 4.74 Å². The van der Waals surface area contributed by atoms with Crippen LogP contribution in [0.4, 0.5) is 10.1 Å². The SMILES string of the molecule is O=C(OCC(=O)N1CCN(c2ccccc2F)CC1)c1cc2ccccc2c(=O)[nH]1. The maximum absolute atomic E-state index is 13.9. The Morgan fingerprint density at radius 3 is 2.47 bits per heavy atom. The molecule has 2 heterocycles. The second-order valence-corrected chi connectivity index (χ2v) is 6.99. The Morgan fingerprint density at radius 1 is 1.00 bits per heavy atom. The van der Waals surface area contributed by atoms with Crippen LogP contribution < -0.4 is 10.5 Å². The number of hydrogen-bond acceptors (Lipinski definition) is 5. The van der Waals surface area contributed by atoms with Crippen molar-refractivity contribution in [2.75, 3.05) is 37.7 Å². The van der Waals surface area contributed by atoms with Gasteiger partial charge in [-0.15, -0.1) is 0 Å². The summed E-state index contributed by atoms with van der Waals surface area (Å²) in [5.41, 5.74) is 0.114. The number of ether oxygens (including phenoxy) is 1. The molecule has 0 atom stereocenters. The van der Waals surface area contributed by atoms with Gasteiger partial charge in [-0.3, -0.25) is 9.59 Å². The molecule has 1 aromatic heterocycles. The topological polar surface area (TPSA) is 82.7 Å². The van der Waals surface area contributed by atoms with Crippen molar-refractivity contribution in [3.63, 3.8) is 0 Å². The van der Waals surface area contributed by atoms with E-state index in [-0.39, 0.29) is 17.4 Å². The highest BCUT2D eigenvalue weighted by molar-refractivity contribution is 5.94. The number of pyridine rings is 1. The first-order chi connectivity index (χ1) is 14.5. The number of nitrogens with one attached hydrogen (secondary N) is 1. The molecule has 0 bridgehead atoms. The van der Waals surface area contributed by atoms with Crippen LogP contribution in [0, 0.1) is 5.82 Å². The van der Waals surface area contributed by atoms with E-state index < -0.39 is 18.1 Å². The summed E-state index contributed by atoms with van der Waals surface area (Å²) < 4.78 is 19.0. The Morgan fingerprint density at radius 2 is 1.70 bits per heavy atom. The summed E-state index contributed by atoms with van der Waals surface area (Å²) in [6.07, 6.45) is 0. The van der Waals surface area contributed by atoms with Crippen LogP contribution in [0.2, 0.25) is 0 Å². The summed E-state index contributed by atoms with van der Waals surface area (Å²) in [6, 6.07) is 14.9. The molecule has 7 nitrogen and oxygen atoms in total. The Labute approximate surface area is 171 Å². The van der Waals surface area contributed by atoms with Crippen LogP contribution in [0.25, 0.3) is 10.8 Å². The average molecular weight is 409 g/mol. The monoisotopic (exact) mass is 409 g/mol. The molecule has 0 spiro atoms. The van der Waals surface area contributed by atoms with E-state index in [0.717, 1.165) is 0 Å². The third-order valence-electron chi connectivity index (χ3n) is 5.13. The van der Waals surface area contributed by atoms with Crippen molar-refractivity contribution in [3.05, 3.63) is 76.5 Å². The fourth-order valence-electron chi connectivity index (χ4n) is 3.52. The molecule has 0 radical (unpaired) electrons. The minimum Gasteiger partial charge on any atom is -0.451 e. The summed E-state index contributed by atoms with van der Waals surface area (Å²) in [4.78, 5) is 42.7. The number of piperazine rings is 1. The smallest absolute Gasteiger partial charge is 0.355 e. The quantitative estimate of drug-likeness (QED) is 0.668. The van der Waals surface area contributed by atoms with Crippen LogP contribution in [0.1, 0.15) is 10.5 Å². The molecule has 1 fully saturated rings. The second-order valence-electron chi connectivity index (χ2n) is 6.99. The fourth-order valence-corrected chi connectivity index (χ4v) is 3.52. The van der Waals surface area contributed by atoms with Gasteiger partial charge in [0, 0.05) is 31.6 Å². The summed E-state index contributed by atoms with van der Waals surface area (Å²) in [7, 11) is 0. The molecule has 1 N–H and O–H groups in total. The first-order valence-electron chi connectivity index (χ1n) is 9.59. The third-order valence-corrected chi connectivity index (χ3v) is 5.13. The Bertz CT molecular complexity index is 1150. The molecule has 1 aliphatic heterocycles. The van der Waals surface area contributed by atoms with Gasteiger partial charge in [-0.1, -0.05) is 30.3 Å². The standard InChI is InChI=1S/C22H20FN3O4/c23-17-7-3-4-8-19(17)25-9-11-26(12-10-25)20(27)14-30-22(29)18-13-15-5-1-2-6-16(15)21(28)24-18/h1-8,13H,9-12,14H2,(H,24,28). The van der Waals surface area contributed by atoms with E-state index in [9.17, 15) is 18.8 Å². The summed E-state index contributed by atoms with van der Waals surface area (Å²) in [5, 5.41) is 1.08. The molecule has 8 heteroatoms. The highest BCUT2D eigenvalue weighted by Crippen LogP contribution is 2.20. The second kappa shape index (κ2) is 8.36. The lowest BCUT2D eigenvalue weighted by Crippen LogP contribution is -2.50. The molecule has 4 rings (SSSR count). The van der Waals surface area contributed by atoms with E-state index in [1.807, 2.05) is 4.90 Å². The van der Waals surface area contributed by atoms with Crippen LogP contribution in [-0.2, 0) is 9.53 Å². The number of halogens is 1. The number of aromatic amines is 1. The van der Waals surface area contributed by atoms with E-state index in [1.165, 1.54) is 12.1 Å². The molecule has 154 valence electrons. The van der Waals surface area contributed by atoms with Gasteiger partial charge in [0.25, 0.3) is 11.5 Å². The highest BCUT2D eigenvalue weighted by atomic mass is 19.1. The lowest BCUT2D eigenvalue weighted by atomic mass is 10.1. The number of hydrogen-bond donors (Lipinski definition) is 1. The zero-order valence-corrected chi connectivity index (χ0v) is 16.1. The van der Waals surface area contributed by atoms with Gasteiger partial charge >= 0.3 is 5.97 Å². The van der Waals surface area contributed by atoms with Crippen molar-refractivity contribution in [1.29, 1.82) is 0 Å². The van der Waals surface area contributed by atoms with Gasteiger partial charge in [0.15, 0.2) is 6.61 Å². The first kappa shape index (κ1) is 19.6. The Hall–Kier alpha value is -3.68. The van der Waals surface area contributed by atoms with E-state index in [0.29, 0.717) is 42.6 Å². The largest absolute Gasteiger partial charge is 0.451 e. The number of H-pyrrole nitrogens is 1. The third kappa shape index (κ3) is 4.03. The normalized spacial score (nSPS) is 14.0. The predicted octanol–water partition coefficient (Wildman–Crippen LogP) is 2.17. The molecule has 0 saturated carbocycles. The lowest BCUT2D eigenvalue weighted by molar-refractivity contribution is -0.134. The van der Waals surface area contributed by atoms with Crippen LogP contribution in [-0.4, -0.2) is 54.5 Å². The minimum absolute atomic E-state index is 0.00382. The predicted molar refractivity (Wildman–Crippen MR) is 110 cm³/mol. The molecular weight excluding hydrogens is 389 g/mol. The van der Waals surface area contributed by atoms with Crippen molar-refractivity contribution in [2.24, 2.45) is 0 Å². The summed E-state index contributed by atoms with van der Waals surface area (Å²) in [6.45, 7) is 1.35. The van der Waals surface area contributed by atoms with Gasteiger partial charge < -0.3 is 19.5 Å². The first-order valence-corrected chi connectivity index (χ1v) is 9.59. The number of anilines is 1. The van der Waals surface area contributed by atoms with Crippen molar-refractivity contribution in [2.45, 2.75) is 0 Å². The van der Waals surface area contributed by atoms with Crippen LogP contribution in [0.15, 0.2) is 59.4 Å². The molecule has 1 saturated heterocycles. The highest BCUT2D eigenvalue weighted by Gasteiger charge is 2.23. The van der Waals surface area contributed by atoms with Crippen molar-refractivity contribution in [3.8, 4) is 0 Å². The number of benzene rings is 2. The number of fused-ring (bicyclic) bond motifs is 1. The molecule has 1 amide bonds. The van der Waals surface area contributed by atoms with Crippen LogP contribution in [0.5, 0.6) is 0 Å². The van der Waals surface area contributed by atoms with Crippen molar-refractivity contribution in [1.82, 2.24) is 9.88 Å². The van der Waals surface area contributed by atoms with Crippen LogP contribution >= 0.6 is 0 Å². The zero-order valence-electron chi connectivity index (χ0n) is 16.1. The Kier molecular flexibility index (Phi) is 5.47. The molecule has 3 aromatic rings. The van der Waals surface area contributed by atoms with Crippen molar-refractivity contribution >= 4 is 28.3 Å². The van der Waals surface area contributed by atoms with Gasteiger partial charge in [-0.05, 0) is 29.7 Å². The number of carbonyl (C=O) groups is 2. The maximum Gasteiger partial charge on any atom is 0.355 e. The molecule has 2 aromatic carbocycles. The summed E-state index contributed by atoms with van der Waals surface area (Å²) >= 11 is 0. The number of rotatable bonds is 4. The molecule has 30 heavy (non-hydrogen) atoms. The molecular formula is C22H20FN3O4. The molecule has 0 aliphatic carbocycles. The molecule has 1 aliphatic rings. The molecule has 0 unspecified atom stereocenters. The van der Waals surface area contributed by atoms with Gasteiger partial charge in [0.1, 0.15) is 11.5 Å². The maximum atomic E-state index is 13.9. The van der Waals surface area contributed by atoms with Crippen LogP contribution in [0.3, 0.4) is 0 Å². The fraction of sp³-hybridized carbons (Fsp3) is 0.227. The van der Waals surface area contributed by atoms with Gasteiger partial charge in [-0.2, -0.15) is 0 Å². The Balaban J connectivity index is 1.33.